The lowest BCUT2D eigenvalue weighted by molar-refractivity contribution is -0.119. The molecule has 0 aliphatic heterocycles. The molecule has 0 aliphatic carbocycles. The Morgan fingerprint density at radius 2 is 2.05 bits per heavy atom. The summed E-state index contributed by atoms with van der Waals surface area (Å²) < 4.78 is 4.90. The van der Waals surface area contributed by atoms with Crippen LogP contribution in [0.1, 0.15) is 24.9 Å². The molecule has 21 heavy (non-hydrogen) atoms. The van der Waals surface area contributed by atoms with Crippen molar-refractivity contribution in [1.29, 1.82) is 0 Å². The molecule has 0 unspecified atom stereocenters. The summed E-state index contributed by atoms with van der Waals surface area (Å²) in [5, 5.41) is 4.47. The van der Waals surface area contributed by atoms with Gasteiger partial charge < -0.3 is 15.8 Å². The Balaban J connectivity index is 1.89. The molecule has 6 nitrogen and oxygen atoms in total. The third-order valence-electron chi connectivity index (χ3n) is 2.46. The number of carbonyl (C=O) groups is 3. The molecule has 8 heteroatoms. The lowest BCUT2D eigenvalue weighted by Gasteiger charge is -2.05. The average Bonchev–Trinajstić information content (AvgIpc) is 3.05. The van der Waals surface area contributed by atoms with Crippen LogP contribution in [0.2, 0.25) is 0 Å². The molecule has 3 N–H and O–H groups in total. The topological polar surface area (TPSA) is 98.5 Å². The van der Waals surface area contributed by atoms with Gasteiger partial charge in [0.1, 0.15) is 9.88 Å². The number of nitrogens with two attached hydrogens (primary N) is 1. The average molecular weight is 324 g/mol. The molecule has 0 atom stereocenters. The van der Waals surface area contributed by atoms with Crippen molar-refractivity contribution in [3.63, 3.8) is 0 Å². The van der Waals surface area contributed by atoms with Gasteiger partial charge in [0, 0.05) is 4.88 Å². The summed E-state index contributed by atoms with van der Waals surface area (Å²) in [5.74, 6) is -1.70. The van der Waals surface area contributed by atoms with Crippen LogP contribution in [0.3, 0.4) is 0 Å². The maximum atomic E-state index is 11.7. The monoisotopic (exact) mass is 324 g/mol. The molecule has 2 rings (SSSR count). The molecule has 2 heterocycles. The zero-order valence-electron chi connectivity index (χ0n) is 11.0. The summed E-state index contributed by atoms with van der Waals surface area (Å²) in [5.41, 5.74) is 5.40. The highest BCUT2D eigenvalue weighted by molar-refractivity contribution is 7.14. The van der Waals surface area contributed by atoms with Crippen LogP contribution in [0.4, 0.5) is 5.00 Å². The van der Waals surface area contributed by atoms with Gasteiger partial charge in [-0.2, -0.15) is 0 Å². The number of anilines is 1. The van der Waals surface area contributed by atoms with Crippen molar-refractivity contribution in [3.05, 3.63) is 38.9 Å². The quantitative estimate of drug-likeness (QED) is 0.822. The predicted octanol–water partition coefficient (Wildman–Crippen LogP) is 2.01. The molecule has 0 spiro atoms. The fourth-order valence-electron chi connectivity index (χ4n) is 1.51. The largest absolute Gasteiger partial charge is 0.451 e. The Bertz CT molecular complexity index is 690. The minimum absolute atomic E-state index is 0.230. The number of carbonyl (C=O) groups excluding carboxylic acids is 3. The number of rotatable bonds is 5. The minimum atomic E-state index is -0.627. The molecule has 0 radical (unpaired) electrons. The van der Waals surface area contributed by atoms with Crippen LogP contribution in [0, 0.1) is 6.92 Å². The van der Waals surface area contributed by atoms with Gasteiger partial charge in [0.25, 0.3) is 11.8 Å². The van der Waals surface area contributed by atoms with E-state index in [1.54, 1.807) is 17.5 Å². The van der Waals surface area contributed by atoms with E-state index in [4.69, 9.17) is 10.5 Å². The molecular weight excluding hydrogens is 312 g/mol. The molecule has 0 saturated heterocycles. The standard InChI is InChI=1S/C13H12N2O4S2/c1-7-2-3-9(21-7)13(18)19-6-10(16)15-12-8(11(14)17)4-5-20-12/h2-5H,6H2,1H3,(H2,14,17)(H,15,16). The van der Waals surface area contributed by atoms with E-state index in [0.717, 1.165) is 4.88 Å². The van der Waals surface area contributed by atoms with Gasteiger partial charge in [-0.15, -0.1) is 22.7 Å². The summed E-state index contributed by atoms with van der Waals surface area (Å²) >= 11 is 2.46. The zero-order chi connectivity index (χ0) is 15.4. The number of ether oxygens (including phenoxy) is 1. The highest BCUT2D eigenvalue weighted by Gasteiger charge is 2.15. The van der Waals surface area contributed by atoms with Gasteiger partial charge in [0.05, 0.1) is 5.56 Å². The van der Waals surface area contributed by atoms with Crippen LogP contribution in [0.15, 0.2) is 23.6 Å². The maximum Gasteiger partial charge on any atom is 0.348 e. The fraction of sp³-hybridized carbons (Fsp3) is 0.154. The SMILES string of the molecule is Cc1ccc(C(=O)OCC(=O)Nc2sccc2C(N)=O)s1. The van der Waals surface area contributed by atoms with Crippen molar-refractivity contribution < 1.29 is 19.1 Å². The maximum absolute atomic E-state index is 11.7. The second-order valence-corrected chi connectivity index (χ2v) is 6.27. The first-order valence-electron chi connectivity index (χ1n) is 5.88. The Morgan fingerprint density at radius 1 is 1.29 bits per heavy atom. The van der Waals surface area contributed by atoms with E-state index in [-0.39, 0.29) is 5.56 Å². The van der Waals surface area contributed by atoms with Gasteiger partial charge in [-0.25, -0.2) is 4.79 Å². The molecule has 2 aromatic rings. The number of primary amides is 1. The number of aryl methyl sites for hydroxylation is 1. The Labute approximate surface area is 128 Å². The van der Waals surface area contributed by atoms with Crippen LogP contribution in [0.5, 0.6) is 0 Å². The van der Waals surface area contributed by atoms with Crippen LogP contribution in [0.25, 0.3) is 0 Å². The van der Waals surface area contributed by atoms with E-state index in [1.807, 2.05) is 6.92 Å². The van der Waals surface area contributed by atoms with Crippen molar-refractivity contribution in [3.8, 4) is 0 Å². The number of amides is 2. The summed E-state index contributed by atoms with van der Waals surface area (Å²) in [7, 11) is 0. The van der Waals surface area contributed by atoms with Gasteiger partial charge in [-0.3, -0.25) is 9.59 Å². The van der Waals surface area contributed by atoms with Crippen LogP contribution in [-0.2, 0) is 9.53 Å². The number of esters is 1. The third kappa shape index (κ3) is 3.89. The number of thiophene rings is 2. The summed E-state index contributed by atoms with van der Waals surface area (Å²) in [4.78, 5) is 35.9. The summed E-state index contributed by atoms with van der Waals surface area (Å²) in [6.07, 6.45) is 0. The lowest BCUT2D eigenvalue weighted by atomic mass is 10.3. The first-order valence-corrected chi connectivity index (χ1v) is 7.57. The fourth-order valence-corrected chi connectivity index (χ4v) is 3.08. The van der Waals surface area contributed by atoms with Crippen molar-refractivity contribution in [2.45, 2.75) is 6.92 Å². The molecule has 0 aliphatic rings. The van der Waals surface area contributed by atoms with Crippen LogP contribution < -0.4 is 11.1 Å². The van der Waals surface area contributed by atoms with E-state index in [2.05, 4.69) is 5.32 Å². The lowest BCUT2D eigenvalue weighted by Crippen LogP contribution is -2.22. The van der Waals surface area contributed by atoms with Crippen molar-refractivity contribution >= 4 is 45.5 Å². The van der Waals surface area contributed by atoms with E-state index < -0.39 is 24.4 Å². The Hall–Kier alpha value is -2.19. The predicted molar refractivity (Wildman–Crippen MR) is 80.8 cm³/mol. The molecule has 0 aromatic carbocycles. The van der Waals surface area contributed by atoms with Crippen molar-refractivity contribution in [2.24, 2.45) is 5.73 Å². The van der Waals surface area contributed by atoms with E-state index >= 15 is 0 Å². The first kappa shape index (κ1) is 15.2. The van der Waals surface area contributed by atoms with Gasteiger partial charge in [-0.1, -0.05) is 0 Å². The zero-order valence-corrected chi connectivity index (χ0v) is 12.7. The molecule has 0 bridgehead atoms. The smallest absolute Gasteiger partial charge is 0.348 e. The van der Waals surface area contributed by atoms with Gasteiger partial charge >= 0.3 is 5.97 Å². The number of hydrogen-bond acceptors (Lipinski definition) is 6. The van der Waals surface area contributed by atoms with Crippen LogP contribution >= 0.6 is 22.7 Å². The van der Waals surface area contributed by atoms with Gasteiger partial charge in [0.2, 0.25) is 0 Å². The first-order chi connectivity index (χ1) is 9.97. The summed E-state index contributed by atoms with van der Waals surface area (Å²) in [6.45, 7) is 1.45. The molecular formula is C13H12N2O4S2. The number of nitrogens with one attached hydrogen (secondary N) is 1. The van der Waals surface area contributed by atoms with Gasteiger partial charge in [-0.05, 0) is 30.5 Å². The second kappa shape index (κ2) is 6.51. The van der Waals surface area contributed by atoms with Crippen molar-refractivity contribution in [1.82, 2.24) is 0 Å². The normalized spacial score (nSPS) is 10.1. The molecule has 110 valence electrons. The Kier molecular flexibility index (Phi) is 4.71. The van der Waals surface area contributed by atoms with Gasteiger partial charge in [0.15, 0.2) is 6.61 Å². The highest BCUT2D eigenvalue weighted by atomic mass is 32.1. The van der Waals surface area contributed by atoms with Crippen LogP contribution in [-0.4, -0.2) is 24.4 Å². The molecule has 2 amide bonds. The van der Waals surface area contributed by atoms with E-state index in [1.165, 1.54) is 28.7 Å². The Morgan fingerprint density at radius 3 is 2.67 bits per heavy atom. The molecule has 0 fully saturated rings. The third-order valence-corrected chi connectivity index (χ3v) is 4.27. The summed E-state index contributed by atoms with van der Waals surface area (Å²) in [6, 6.07) is 4.96. The van der Waals surface area contributed by atoms with E-state index in [9.17, 15) is 14.4 Å². The second-order valence-electron chi connectivity index (χ2n) is 4.06. The molecule has 2 aromatic heterocycles. The van der Waals surface area contributed by atoms with Crippen molar-refractivity contribution in [2.75, 3.05) is 11.9 Å². The minimum Gasteiger partial charge on any atom is -0.451 e. The number of hydrogen-bond donors (Lipinski definition) is 2. The molecule has 0 saturated carbocycles. The highest BCUT2D eigenvalue weighted by Crippen LogP contribution is 2.22. The van der Waals surface area contributed by atoms with E-state index in [0.29, 0.717) is 9.88 Å².